The Morgan fingerprint density at radius 2 is 2.00 bits per heavy atom. The largest absolute Gasteiger partial charge is 0.478 e. The van der Waals surface area contributed by atoms with Crippen LogP contribution in [-0.2, 0) is 4.79 Å². The molecule has 0 aliphatic carbocycles. The summed E-state index contributed by atoms with van der Waals surface area (Å²) in [6.07, 6.45) is 2.58. The number of nitrogens with one attached hydrogen (secondary N) is 2. The maximum Gasteiger partial charge on any atom is 0.328 e. The summed E-state index contributed by atoms with van der Waals surface area (Å²) >= 11 is 0. The van der Waals surface area contributed by atoms with E-state index in [1.54, 1.807) is 12.1 Å². The van der Waals surface area contributed by atoms with Gasteiger partial charge in [0.1, 0.15) is 0 Å². The zero-order valence-corrected chi connectivity index (χ0v) is 11.2. The van der Waals surface area contributed by atoms with Gasteiger partial charge in [-0.2, -0.15) is 0 Å². The molecule has 0 saturated heterocycles. The van der Waals surface area contributed by atoms with Gasteiger partial charge >= 0.3 is 12.0 Å². The van der Waals surface area contributed by atoms with E-state index in [4.69, 9.17) is 5.11 Å². The molecule has 0 saturated carbocycles. The predicted molar refractivity (Wildman–Crippen MR) is 75.1 cm³/mol. The number of anilines is 1. The average Bonchev–Trinajstić information content (AvgIpc) is 2.28. The molecule has 1 aromatic rings. The van der Waals surface area contributed by atoms with Crippen molar-refractivity contribution in [2.24, 2.45) is 0 Å². The zero-order chi connectivity index (χ0) is 14.4. The van der Waals surface area contributed by atoms with E-state index in [0.29, 0.717) is 5.69 Å². The first-order valence-corrected chi connectivity index (χ1v) is 5.97. The van der Waals surface area contributed by atoms with E-state index in [-0.39, 0.29) is 12.1 Å². The predicted octanol–water partition coefficient (Wildman–Crippen LogP) is 2.62. The Bertz CT molecular complexity index is 507. The van der Waals surface area contributed by atoms with E-state index < -0.39 is 5.97 Å². The Morgan fingerprint density at radius 3 is 2.53 bits per heavy atom. The highest BCUT2D eigenvalue weighted by Gasteiger charge is 2.05. The Kier molecular flexibility index (Phi) is 5.11. The van der Waals surface area contributed by atoms with Crippen LogP contribution in [0.25, 0.3) is 6.08 Å². The van der Waals surface area contributed by atoms with Gasteiger partial charge in [0.15, 0.2) is 0 Å². The van der Waals surface area contributed by atoms with Crippen molar-refractivity contribution in [2.75, 3.05) is 5.32 Å². The summed E-state index contributed by atoms with van der Waals surface area (Å²) < 4.78 is 0. The van der Waals surface area contributed by atoms with Crippen molar-refractivity contribution in [3.05, 3.63) is 35.4 Å². The number of aliphatic carboxylic acids is 1. The van der Waals surface area contributed by atoms with Gasteiger partial charge in [0, 0.05) is 17.8 Å². The summed E-state index contributed by atoms with van der Waals surface area (Å²) in [4.78, 5) is 22.0. The number of amides is 2. The second-order valence-corrected chi connectivity index (χ2v) is 4.50. The monoisotopic (exact) mass is 262 g/mol. The summed E-state index contributed by atoms with van der Waals surface area (Å²) in [6, 6.07) is 5.11. The van der Waals surface area contributed by atoms with Gasteiger partial charge in [-0.15, -0.1) is 0 Å². The highest BCUT2D eigenvalue weighted by atomic mass is 16.4. The molecule has 0 aliphatic heterocycles. The maximum atomic E-state index is 11.6. The molecule has 2 amide bonds. The van der Waals surface area contributed by atoms with Gasteiger partial charge in [-0.25, -0.2) is 9.59 Å². The molecule has 1 aromatic carbocycles. The Morgan fingerprint density at radius 1 is 1.32 bits per heavy atom. The third-order valence-corrected chi connectivity index (χ3v) is 2.34. The lowest BCUT2D eigenvalue weighted by Gasteiger charge is -2.12. The molecule has 0 aliphatic rings. The Hall–Kier alpha value is -2.30. The van der Waals surface area contributed by atoms with Crippen molar-refractivity contribution < 1.29 is 14.7 Å². The van der Waals surface area contributed by atoms with E-state index in [0.717, 1.165) is 17.2 Å². The van der Waals surface area contributed by atoms with Crippen LogP contribution < -0.4 is 10.6 Å². The molecule has 1 rings (SSSR count). The van der Waals surface area contributed by atoms with E-state index >= 15 is 0 Å². The van der Waals surface area contributed by atoms with Gasteiger partial charge in [-0.1, -0.05) is 6.07 Å². The molecule has 3 N–H and O–H groups in total. The summed E-state index contributed by atoms with van der Waals surface area (Å²) in [6.45, 7) is 5.61. The van der Waals surface area contributed by atoms with Crippen LogP contribution in [0.4, 0.5) is 10.5 Å². The number of benzene rings is 1. The fourth-order valence-electron chi connectivity index (χ4n) is 1.52. The van der Waals surface area contributed by atoms with Gasteiger partial charge < -0.3 is 15.7 Å². The van der Waals surface area contributed by atoms with Crippen molar-refractivity contribution in [1.29, 1.82) is 0 Å². The molecule has 0 heterocycles. The lowest BCUT2D eigenvalue weighted by molar-refractivity contribution is -0.131. The van der Waals surface area contributed by atoms with Gasteiger partial charge in [0.2, 0.25) is 0 Å². The maximum absolute atomic E-state index is 11.6. The molecule has 0 atom stereocenters. The number of urea groups is 1. The van der Waals surface area contributed by atoms with Crippen molar-refractivity contribution in [1.82, 2.24) is 5.32 Å². The van der Waals surface area contributed by atoms with Crippen LogP contribution in [0.2, 0.25) is 0 Å². The van der Waals surface area contributed by atoms with E-state index in [9.17, 15) is 9.59 Å². The molecule has 0 unspecified atom stereocenters. The van der Waals surface area contributed by atoms with Crippen LogP contribution in [0.1, 0.15) is 25.0 Å². The third-order valence-electron chi connectivity index (χ3n) is 2.34. The quantitative estimate of drug-likeness (QED) is 0.730. The van der Waals surface area contributed by atoms with E-state index in [1.165, 1.54) is 6.08 Å². The first kappa shape index (κ1) is 14.8. The lowest BCUT2D eigenvalue weighted by Crippen LogP contribution is -2.34. The van der Waals surface area contributed by atoms with E-state index in [1.807, 2.05) is 26.8 Å². The van der Waals surface area contributed by atoms with Crippen molar-refractivity contribution in [3.8, 4) is 0 Å². The number of carbonyl (C=O) groups excluding carboxylic acids is 1. The minimum atomic E-state index is -0.990. The number of aryl methyl sites for hydroxylation is 1. The van der Waals surface area contributed by atoms with Crippen LogP contribution in [0, 0.1) is 6.92 Å². The van der Waals surface area contributed by atoms with Gasteiger partial charge in [0.05, 0.1) is 0 Å². The van der Waals surface area contributed by atoms with Crippen LogP contribution in [0.15, 0.2) is 24.3 Å². The Balaban J connectivity index is 2.77. The molecule has 0 radical (unpaired) electrons. The van der Waals surface area contributed by atoms with E-state index in [2.05, 4.69) is 10.6 Å². The fraction of sp³-hybridized carbons (Fsp3) is 0.286. The SMILES string of the molecule is Cc1cc(C=CC(=O)O)ccc1NC(=O)NC(C)C. The second-order valence-electron chi connectivity index (χ2n) is 4.50. The number of carbonyl (C=O) groups is 2. The number of carboxylic acid groups (broad SMARTS) is 1. The smallest absolute Gasteiger partial charge is 0.328 e. The molecule has 19 heavy (non-hydrogen) atoms. The normalized spacial score (nSPS) is 10.7. The lowest BCUT2D eigenvalue weighted by atomic mass is 10.1. The topological polar surface area (TPSA) is 78.4 Å². The molecule has 0 bridgehead atoms. The summed E-state index contributed by atoms with van der Waals surface area (Å²) in [5.74, 6) is -0.990. The average molecular weight is 262 g/mol. The zero-order valence-electron chi connectivity index (χ0n) is 11.2. The number of rotatable bonds is 4. The van der Waals surface area contributed by atoms with Crippen molar-refractivity contribution >= 4 is 23.8 Å². The summed E-state index contributed by atoms with van der Waals surface area (Å²) in [5.41, 5.74) is 2.34. The third kappa shape index (κ3) is 5.25. The Labute approximate surface area is 112 Å². The highest BCUT2D eigenvalue weighted by Crippen LogP contribution is 2.17. The van der Waals surface area contributed by atoms with Gasteiger partial charge in [-0.3, -0.25) is 0 Å². The number of carboxylic acids is 1. The minimum absolute atomic E-state index is 0.0677. The first-order valence-electron chi connectivity index (χ1n) is 5.97. The fourth-order valence-corrected chi connectivity index (χ4v) is 1.52. The van der Waals surface area contributed by atoms with Gasteiger partial charge in [0.25, 0.3) is 0 Å². The van der Waals surface area contributed by atoms with Crippen LogP contribution in [0.3, 0.4) is 0 Å². The molecular formula is C14H18N2O3. The van der Waals surface area contributed by atoms with Gasteiger partial charge in [-0.05, 0) is 50.1 Å². The molecule has 5 heteroatoms. The first-order chi connectivity index (χ1) is 8.88. The highest BCUT2D eigenvalue weighted by molar-refractivity contribution is 5.90. The second kappa shape index (κ2) is 6.58. The summed E-state index contributed by atoms with van der Waals surface area (Å²) in [7, 11) is 0. The van der Waals surface area contributed by atoms with Crippen LogP contribution in [-0.4, -0.2) is 23.1 Å². The minimum Gasteiger partial charge on any atom is -0.478 e. The molecule has 0 fully saturated rings. The number of hydrogen-bond acceptors (Lipinski definition) is 2. The molecule has 0 spiro atoms. The molecule has 0 aromatic heterocycles. The summed E-state index contributed by atoms with van der Waals surface area (Å²) in [5, 5.41) is 14.0. The van der Waals surface area contributed by atoms with Crippen LogP contribution in [0.5, 0.6) is 0 Å². The van der Waals surface area contributed by atoms with Crippen molar-refractivity contribution in [3.63, 3.8) is 0 Å². The molecule has 5 nitrogen and oxygen atoms in total. The van der Waals surface area contributed by atoms with Crippen molar-refractivity contribution in [2.45, 2.75) is 26.8 Å². The number of hydrogen-bond donors (Lipinski definition) is 3. The molecular weight excluding hydrogens is 244 g/mol. The molecule has 102 valence electrons. The standard InChI is InChI=1S/C14H18N2O3/c1-9(2)15-14(19)16-12-6-4-11(8-10(12)3)5-7-13(17)18/h4-9H,1-3H3,(H,17,18)(H2,15,16,19). The van der Waals surface area contributed by atoms with Crippen LogP contribution >= 0.6 is 0 Å².